The van der Waals surface area contributed by atoms with Crippen molar-refractivity contribution in [1.82, 2.24) is 20.5 Å². The summed E-state index contributed by atoms with van der Waals surface area (Å²) >= 11 is 3.38. The first-order valence-electron chi connectivity index (χ1n) is 8.52. The molecule has 8 nitrogen and oxygen atoms in total. The van der Waals surface area contributed by atoms with Crippen LogP contribution in [-0.2, 0) is 0 Å². The van der Waals surface area contributed by atoms with E-state index in [9.17, 15) is 4.79 Å². The minimum absolute atomic E-state index is 0.185. The van der Waals surface area contributed by atoms with Crippen LogP contribution in [0.1, 0.15) is 10.4 Å². The Labute approximate surface area is 170 Å². The van der Waals surface area contributed by atoms with E-state index in [-0.39, 0.29) is 5.91 Å². The van der Waals surface area contributed by atoms with Gasteiger partial charge in [0.25, 0.3) is 5.91 Å². The van der Waals surface area contributed by atoms with E-state index < -0.39 is 0 Å². The molecule has 0 bridgehead atoms. The van der Waals surface area contributed by atoms with Crippen LogP contribution in [0.2, 0.25) is 0 Å². The Bertz CT molecular complexity index is 921. The van der Waals surface area contributed by atoms with E-state index in [1.807, 2.05) is 24.3 Å². The lowest BCUT2D eigenvalue weighted by Crippen LogP contribution is -2.29. The Kier molecular flexibility index (Phi) is 6.74. The van der Waals surface area contributed by atoms with E-state index >= 15 is 0 Å². The number of benzene rings is 1. The van der Waals surface area contributed by atoms with Crippen LogP contribution in [0.5, 0.6) is 5.75 Å². The Morgan fingerprint density at radius 1 is 1.04 bits per heavy atom. The fraction of sp³-hybridized carbons (Fsp3) is 0.158. The standard InChI is InChI=1S/C19H19BrN6O2/c1-28-14-2-3-16(20)15(12-14)19(27)23-11-10-22-17-4-5-18(26-25-17)24-13-6-8-21-9-7-13/h2-9,12H,10-11H2,1H3,(H,22,25)(H,23,27)(H,21,24,26). The van der Waals surface area contributed by atoms with Crippen LogP contribution >= 0.6 is 15.9 Å². The molecule has 0 fully saturated rings. The van der Waals surface area contributed by atoms with Gasteiger partial charge in [0.1, 0.15) is 11.6 Å². The lowest BCUT2D eigenvalue weighted by Gasteiger charge is -2.10. The van der Waals surface area contributed by atoms with Crippen molar-refractivity contribution in [2.45, 2.75) is 0 Å². The first kappa shape index (κ1) is 19.6. The van der Waals surface area contributed by atoms with E-state index in [2.05, 4.69) is 47.1 Å². The quantitative estimate of drug-likeness (QED) is 0.460. The molecule has 0 aliphatic carbocycles. The van der Waals surface area contributed by atoms with Gasteiger partial charge in [0, 0.05) is 35.6 Å². The lowest BCUT2D eigenvalue weighted by molar-refractivity contribution is 0.0954. The molecule has 0 radical (unpaired) electrons. The van der Waals surface area contributed by atoms with Gasteiger partial charge in [0.2, 0.25) is 0 Å². The number of halogens is 1. The molecule has 28 heavy (non-hydrogen) atoms. The van der Waals surface area contributed by atoms with Crippen molar-refractivity contribution in [2.75, 3.05) is 30.8 Å². The van der Waals surface area contributed by atoms with Gasteiger partial charge in [-0.3, -0.25) is 9.78 Å². The van der Waals surface area contributed by atoms with Crippen LogP contribution in [0.3, 0.4) is 0 Å². The SMILES string of the molecule is COc1ccc(Br)c(C(=O)NCCNc2ccc(Nc3ccncc3)nn2)c1. The molecule has 0 aliphatic heterocycles. The molecule has 0 aliphatic rings. The molecule has 9 heteroatoms. The predicted octanol–water partition coefficient (Wildman–Crippen LogP) is 3.23. The van der Waals surface area contributed by atoms with Crippen molar-refractivity contribution in [1.29, 1.82) is 0 Å². The average molecular weight is 443 g/mol. The second-order valence-electron chi connectivity index (χ2n) is 5.69. The lowest BCUT2D eigenvalue weighted by atomic mass is 10.2. The van der Waals surface area contributed by atoms with Crippen molar-refractivity contribution in [2.24, 2.45) is 0 Å². The summed E-state index contributed by atoms with van der Waals surface area (Å²) in [6, 6.07) is 12.6. The Morgan fingerprint density at radius 3 is 2.50 bits per heavy atom. The molecule has 1 aromatic carbocycles. The third kappa shape index (κ3) is 5.40. The largest absolute Gasteiger partial charge is 0.497 e. The number of nitrogens with one attached hydrogen (secondary N) is 3. The highest BCUT2D eigenvalue weighted by Crippen LogP contribution is 2.22. The van der Waals surface area contributed by atoms with E-state index in [4.69, 9.17) is 4.74 Å². The molecular formula is C19H19BrN6O2. The number of anilines is 3. The number of amides is 1. The second kappa shape index (κ2) is 9.65. The van der Waals surface area contributed by atoms with Gasteiger partial charge in [-0.15, -0.1) is 10.2 Å². The van der Waals surface area contributed by atoms with Crippen molar-refractivity contribution < 1.29 is 9.53 Å². The van der Waals surface area contributed by atoms with E-state index in [0.717, 1.165) is 5.69 Å². The summed E-state index contributed by atoms with van der Waals surface area (Å²) in [6.07, 6.45) is 3.40. The van der Waals surface area contributed by atoms with Gasteiger partial charge in [-0.05, 0) is 58.4 Å². The van der Waals surface area contributed by atoms with E-state index in [1.165, 1.54) is 0 Å². The van der Waals surface area contributed by atoms with Crippen LogP contribution in [0.25, 0.3) is 0 Å². The first-order valence-corrected chi connectivity index (χ1v) is 9.31. The van der Waals surface area contributed by atoms with Gasteiger partial charge in [-0.1, -0.05) is 0 Å². The van der Waals surface area contributed by atoms with Crippen LogP contribution in [-0.4, -0.2) is 41.3 Å². The molecule has 3 rings (SSSR count). The summed E-state index contributed by atoms with van der Waals surface area (Å²) in [5.41, 5.74) is 1.40. The molecule has 144 valence electrons. The second-order valence-corrected chi connectivity index (χ2v) is 6.55. The number of carbonyl (C=O) groups is 1. The monoisotopic (exact) mass is 442 g/mol. The molecule has 2 heterocycles. The Morgan fingerprint density at radius 2 is 1.79 bits per heavy atom. The van der Waals surface area contributed by atoms with Crippen LogP contribution < -0.4 is 20.7 Å². The van der Waals surface area contributed by atoms with Gasteiger partial charge in [0.15, 0.2) is 5.82 Å². The third-order valence-electron chi connectivity index (χ3n) is 3.75. The molecule has 2 aromatic heterocycles. The molecule has 0 unspecified atom stereocenters. The number of hydrogen-bond acceptors (Lipinski definition) is 7. The molecule has 0 saturated heterocycles. The molecular weight excluding hydrogens is 424 g/mol. The molecule has 1 amide bonds. The van der Waals surface area contributed by atoms with Crippen molar-refractivity contribution >= 4 is 39.2 Å². The third-order valence-corrected chi connectivity index (χ3v) is 4.44. The zero-order chi connectivity index (χ0) is 19.8. The summed E-state index contributed by atoms with van der Waals surface area (Å²) in [4.78, 5) is 16.3. The number of carbonyl (C=O) groups excluding carboxylic acids is 1. The molecule has 0 spiro atoms. The van der Waals surface area contributed by atoms with Crippen molar-refractivity contribution in [3.8, 4) is 5.75 Å². The number of rotatable bonds is 8. The van der Waals surface area contributed by atoms with Gasteiger partial charge < -0.3 is 20.7 Å². The zero-order valence-corrected chi connectivity index (χ0v) is 16.7. The van der Waals surface area contributed by atoms with Gasteiger partial charge in [0.05, 0.1) is 12.7 Å². The van der Waals surface area contributed by atoms with Gasteiger partial charge >= 0.3 is 0 Å². The number of hydrogen-bond donors (Lipinski definition) is 3. The fourth-order valence-electron chi connectivity index (χ4n) is 2.34. The molecule has 0 saturated carbocycles. The number of pyridine rings is 1. The molecule has 3 N–H and O–H groups in total. The predicted molar refractivity (Wildman–Crippen MR) is 111 cm³/mol. The minimum Gasteiger partial charge on any atom is -0.497 e. The highest BCUT2D eigenvalue weighted by molar-refractivity contribution is 9.10. The smallest absolute Gasteiger partial charge is 0.252 e. The van der Waals surface area contributed by atoms with Gasteiger partial charge in [-0.2, -0.15) is 0 Å². The van der Waals surface area contributed by atoms with E-state index in [1.54, 1.807) is 37.7 Å². The highest BCUT2D eigenvalue weighted by atomic mass is 79.9. The number of methoxy groups -OCH3 is 1. The summed E-state index contributed by atoms with van der Waals surface area (Å²) in [6.45, 7) is 0.945. The number of nitrogens with zero attached hydrogens (tertiary/aromatic N) is 3. The van der Waals surface area contributed by atoms with Crippen LogP contribution in [0.15, 0.2) is 59.3 Å². The zero-order valence-electron chi connectivity index (χ0n) is 15.1. The molecule has 0 atom stereocenters. The van der Waals surface area contributed by atoms with Crippen molar-refractivity contribution in [3.63, 3.8) is 0 Å². The van der Waals surface area contributed by atoms with Crippen LogP contribution in [0.4, 0.5) is 17.3 Å². The normalized spacial score (nSPS) is 10.2. The molecule has 3 aromatic rings. The van der Waals surface area contributed by atoms with Crippen LogP contribution in [0, 0.1) is 0 Å². The first-order chi connectivity index (χ1) is 13.7. The summed E-state index contributed by atoms with van der Waals surface area (Å²) < 4.78 is 5.86. The minimum atomic E-state index is -0.185. The number of ether oxygens (including phenoxy) is 1. The maximum Gasteiger partial charge on any atom is 0.252 e. The Hall–Kier alpha value is -3.20. The average Bonchev–Trinajstić information content (AvgIpc) is 2.73. The maximum atomic E-state index is 12.3. The maximum absolute atomic E-state index is 12.3. The summed E-state index contributed by atoms with van der Waals surface area (Å²) in [5, 5.41) is 17.3. The summed E-state index contributed by atoms with van der Waals surface area (Å²) in [5.74, 6) is 1.70. The van der Waals surface area contributed by atoms with E-state index in [0.29, 0.717) is 40.5 Å². The van der Waals surface area contributed by atoms with Gasteiger partial charge in [-0.25, -0.2) is 0 Å². The summed E-state index contributed by atoms with van der Waals surface area (Å²) in [7, 11) is 1.56. The number of aromatic nitrogens is 3. The van der Waals surface area contributed by atoms with Crippen molar-refractivity contribution in [3.05, 3.63) is 64.9 Å². The highest BCUT2D eigenvalue weighted by Gasteiger charge is 2.10. The topological polar surface area (TPSA) is 101 Å². The fourth-order valence-corrected chi connectivity index (χ4v) is 2.77. The Balaban J connectivity index is 1.45.